The molecule has 1 aromatic carbocycles. The van der Waals surface area contributed by atoms with Crippen LogP contribution in [-0.2, 0) is 10.5 Å². The molecule has 0 saturated carbocycles. The summed E-state index contributed by atoms with van der Waals surface area (Å²) in [6, 6.07) is 6.58. The molecule has 2 rings (SSSR count). The van der Waals surface area contributed by atoms with Gasteiger partial charge in [-0.3, -0.25) is 5.32 Å². The first-order chi connectivity index (χ1) is 9.69. The van der Waals surface area contributed by atoms with Crippen LogP contribution in [0.2, 0.25) is 0 Å². The van der Waals surface area contributed by atoms with Crippen molar-refractivity contribution in [2.45, 2.75) is 17.0 Å². The smallest absolute Gasteiger partial charge is 0.413 e. The van der Waals surface area contributed by atoms with Gasteiger partial charge in [-0.2, -0.15) is 0 Å². The number of aromatic nitrogens is 2. The fourth-order valence-electron chi connectivity index (χ4n) is 1.33. The predicted molar refractivity (Wildman–Crippen MR) is 76.5 cm³/mol. The molecule has 0 radical (unpaired) electrons. The molecule has 0 fully saturated rings. The van der Waals surface area contributed by atoms with Gasteiger partial charge < -0.3 is 4.74 Å². The molecule has 1 N–H and O–H groups in total. The Kier molecular flexibility index (Phi) is 5.31. The largest absolute Gasteiger partial charge is 0.450 e. The Hall–Kier alpha value is -1.67. The highest BCUT2D eigenvalue weighted by Crippen LogP contribution is 2.28. The molecule has 1 amide bonds. The molecule has 106 valence electrons. The van der Waals surface area contributed by atoms with Crippen LogP contribution in [0.3, 0.4) is 0 Å². The van der Waals surface area contributed by atoms with E-state index in [9.17, 15) is 9.18 Å². The molecule has 0 unspecified atom stereocenters. The molecule has 2 aromatic rings. The molecule has 20 heavy (non-hydrogen) atoms. The fraction of sp³-hybridized carbons (Fsp3) is 0.250. The molecule has 1 aromatic heterocycles. The van der Waals surface area contributed by atoms with Gasteiger partial charge in [0.05, 0.1) is 6.61 Å². The van der Waals surface area contributed by atoms with Crippen molar-refractivity contribution in [1.29, 1.82) is 0 Å². The summed E-state index contributed by atoms with van der Waals surface area (Å²) >= 11 is 2.58. The zero-order valence-electron chi connectivity index (χ0n) is 10.6. The minimum atomic E-state index is -0.561. The fourth-order valence-corrected chi connectivity index (χ4v) is 3.05. The number of rotatable bonds is 5. The van der Waals surface area contributed by atoms with Gasteiger partial charge in [-0.1, -0.05) is 41.3 Å². The molecule has 0 aliphatic rings. The average molecular weight is 313 g/mol. The highest BCUT2D eigenvalue weighted by atomic mass is 32.2. The number of amides is 1. The molecule has 0 saturated heterocycles. The molecule has 5 nitrogen and oxygen atoms in total. The second-order valence-corrected chi connectivity index (χ2v) is 5.80. The van der Waals surface area contributed by atoms with Crippen LogP contribution in [0.4, 0.5) is 14.3 Å². The van der Waals surface area contributed by atoms with Crippen molar-refractivity contribution >= 4 is 34.3 Å². The number of hydrogen-bond donors (Lipinski definition) is 1. The monoisotopic (exact) mass is 313 g/mol. The van der Waals surface area contributed by atoms with Gasteiger partial charge in [0.15, 0.2) is 4.34 Å². The number of carbonyl (C=O) groups is 1. The number of thioether (sulfide) groups is 1. The zero-order chi connectivity index (χ0) is 14.4. The maximum Gasteiger partial charge on any atom is 0.413 e. The van der Waals surface area contributed by atoms with E-state index in [4.69, 9.17) is 4.74 Å². The van der Waals surface area contributed by atoms with Gasteiger partial charge in [-0.15, -0.1) is 10.2 Å². The number of benzene rings is 1. The lowest BCUT2D eigenvalue weighted by Gasteiger charge is -2.00. The Labute approximate surface area is 123 Å². The van der Waals surface area contributed by atoms with Crippen LogP contribution in [-0.4, -0.2) is 22.9 Å². The first-order valence-electron chi connectivity index (χ1n) is 5.82. The Morgan fingerprint density at radius 1 is 1.45 bits per heavy atom. The summed E-state index contributed by atoms with van der Waals surface area (Å²) in [7, 11) is 0. The maximum absolute atomic E-state index is 13.4. The molecule has 0 spiro atoms. The Morgan fingerprint density at radius 3 is 3.00 bits per heavy atom. The van der Waals surface area contributed by atoms with E-state index in [2.05, 4.69) is 15.5 Å². The van der Waals surface area contributed by atoms with Crippen LogP contribution in [0.25, 0.3) is 0 Å². The van der Waals surface area contributed by atoms with Crippen molar-refractivity contribution in [3.8, 4) is 0 Å². The van der Waals surface area contributed by atoms with Crippen LogP contribution < -0.4 is 5.32 Å². The number of halogens is 1. The minimum absolute atomic E-state index is 0.241. The Morgan fingerprint density at radius 2 is 2.25 bits per heavy atom. The molecule has 8 heteroatoms. The lowest BCUT2D eigenvalue weighted by molar-refractivity contribution is 0.168. The van der Waals surface area contributed by atoms with Crippen molar-refractivity contribution in [3.63, 3.8) is 0 Å². The van der Waals surface area contributed by atoms with Crippen LogP contribution in [0, 0.1) is 5.82 Å². The van der Waals surface area contributed by atoms with Gasteiger partial charge >= 0.3 is 6.09 Å². The third-order valence-corrected chi connectivity index (χ3v) is 4.22. The standard InChI is InChI=1S/C12H12FN3O2S2/c1-2-18-11(17)14-10-15-16-12(20-10)19-7-8-5-3-4-6-9(8)13/h3-6H,2,7H2,1H3,(H,14,15,17). The molecule has 0 aliphatic carbocycles. The van der Waals surface area contributed by atoms with Crippen molar-refractivity contribution in [2.24, 2.45) is 0 Å². The number of nitrogens with one attached hydrogen (secondary N) is 1. The first-order valence-corrected chi connectivity index (χ1v) is 7.62. The van der Waals surface area contributed by atoms with Gasteiger partial charge in [0.2, 0.25) is 5.13 Å². The summed E-state index contributed by atoms with van der Waals surface area (Å²) in [5.41, 5.74) is 0.604. The lowest BCUT2D eigenvalue weighted by Crippen LogP contribution is -2.12. The third kappa shape index (κ3) is 4.17. The summed E-state index contributed by atoms with van der Waals surface area (Å²) in [6.45, 7) is 2.01. The second-order valence-electron chi connectivity index (χ2n) is 3.60. The summed E-state index contributed by atoms with van der Waals surface area (Å²) < 4.78 is 18.8. The lowest BCUT2D eigenvalue weighted by atomic mass is 10.2. The molecule has 1 heterocycles. The first kappa shape index (κ1) is 14.7. The van der Waals surface area contributed by atoms with Gasteiger partial charge in [0.1, 0.15) is 5.82 Å². The topological polar surface area (TPSA) is 64.1 Å². The number of nitrogens with zero attached hydrogens (tertiary/aromatic N) is 2. The summed E-state index contributed by atoms with van der Waals surface area (Å²) in [6.07, 6.45) is -0.561. The second kappa shape index (κ2) is 7.20. The average Bonchev–Trinajstić information content (AvgIpc) is 2.85. The zero-order valence-corrected chi connectivity index (χ0v) is 12.3. The normalized spacial score (nSPS) is 10.3. The van der Waals surface area contributed by atoms with Crippen molar-refractivity contribution in [1.82, 2.24) is 10.2 Å². The van der Waals surface area contributed by atoms with Gasteiger partial charge in [-0.25, -0.2) is 9.18 Å². The van der Waals surface area contributed by atoms with Crippen molar-refractivity contribution in [2.75, 3.05) is 11.9 Å². The van der Waals surface area contributed by atoms with Crippen LogP contribution >= 0.6 is 23.1 Å². The number of carbonyl (C=O) groups excluding carboxylic acids is 1. The summed E-state index contributed by atoms with van der Waals surface area (Å²) in [5.74, 6) is 0.218. The molecule has 0 aliphatic heterocycles. The van der Waals surface area contributed by atoms with E-state index in [1.807, 2.05) is 0 Å². The number of anilines is 1. The van der Waals surface area contributed by atoms with Crippen LogP contribution in [0.5, 0.6) is 0 Å². The van der Waals surface area contributed by atoms with E-state index in [0.717, 1.165) is 0 Å². The SMILES string of the molecule is CCOC(=O)Nc1nnc(SCc2ccccc2F)s1. The summed E-state index contributed by atoms with van der Waals surface area (Å²) in [4.78, 5) is 11.2. The van der Waals surface area contributed by atoms with Crippen molar-refractivity contribution in [3.05, 3.63) is 35.6 Å². The Balaban J connectivity index is 1.90. The van der Waals surface area contributed by atoms with Gasteiger partial charge in [0.25, 0.3) is 0 Å². The van der Waals surface area contributed by atoms with E-state index >= 15 is 0 Å². The minimum Gasteiger partial charge on any atom is -0.450 e. The van der Waals surface area contributed by atoms with Gasteiger partial charge in [-0.05, 0) is 18.6 Å². The van der Waals surface area contributed by atoms with Crippen LogP contribution in [0.15, 0.2) is 28.6 Å². The maximum atomic E-state index is 13.4. The Bertz CT molecular complexity index is 592. The van der Waals surface area contributed by atoms with Crippen molar-refractivity contribution < 1.29 is 13.9 Å². The van der Waals surface area contributed by atoms with Crippen LogP contribution in [0.1, 0.15) is 12.5 Å². The number of hydrogen-bond acceptors (Lipinski definition) is 6. The van der Waals surface area contributed by atoms with Gasteiger partial charge in [0, 0.05) is 5.75 Å². The molecule has 0 bridgehead atoms. The molecule has 0 atom stereocenters. The van der Waals surface area contributed by atoms with E-state index in [1.165, 1.54) is 29.2 Å². The third-order valence-electron chi connectivity index (χ3n) is 2.20. The molecular formula is C12H12FN3O2S2. The highest BCUT2D eigenvalue weighted by molar-refractivity contribution is 8.00. The van der Waals surface area contributed by atoms with E-state index in [-0.39, 0.29) is 5.82 Å². The van der Waals surface area contributed by atoms with E-state index < -0.39 is 6.09 Å². The summed E-state index contributed by atoms with van der Waals surface area (Å²) in [5, 5.41) is 10.6. The van der Waals surface area contributed by atoms with E-state index in [1.54, 1.807) is 25.1 Å². The van der Waals surface area contributed by atoms with E-state index in [0.29, 0.717) is 27.4 Å². The predicted octanol–water partition coefficient (Wildman–Crippen LogP) is 3.54. The molecular weight excluding hydrogens is 301 g/mol. The quantitative estimate of drug-likeness (QED) is 0.675. The number of ether oxygens (including phenoxy) is 1. The highest BCUT2D eigenvalue weighted by Gasteiger charge is 2.10.